The number of aryl methyl sites for hydroxylation is 2. The van der Waals surface area contributed by atoms with Gasteiger partial charge in [0.05, 0.1) is 31.8 Å². The Kier molecular flexibility index (Phi) is 28.6. The molecule has 8 aliphatic rings. The van der Waals surface area contributed by atoms with Crippen LogP contribution in [-0.2, 0) is 71.6 Å². The number of Topliss-reactive ketones (excluding diaryl/α,β-unsaturated/α-hetero) is 1. The molecule has 0 spiro atoms. The van der Waals surface area contributed by atoms with Gasteiger partial charge >= 0.3 is 0 Å². The Morgan fingerprint density at radius 3 is 1.70 bits per heavy atom. The molecule has 37 heteroatoms. The smallest absolute Gasteiger partial charge is 0.248 e. The predicted molar refractivity (Wildman–Crippen MR) is 407 cm³/mol. The molecular formula is C80H102N8O29. The largest absolute Gasteiger partial charge is 0.508 e. The van der Waals surface area contributed by atoms with Crippen molar-refractivity contribution in [3.63, 3.8) is 0 Å². The van der Waals surface area contributed by atoms with Gasteiger partial charge in [-0.3, -0.25) is 43.3 Å². The predicted octanol–water partition coefficient (Wildman–Crippen LogP) is -0.904. The molecule has 20 N–H and O–H groups in total. The normalized spacial score (nSPS) is 30.9. The van der Waals surface area contributed by atoms with Gasteiger partial charge in [-0.05, 0) is 149 Å². The Bertz CT molecular complexity index is 4540. The number of aldehydes is 1. The van der Waals surface area contributed by atoms with E-state index in [-0.39, 0.29) is 68.4 Å². The summed E-state index contributed by atoms with van der Waals surface area (Å²) in [6.45, 7) is 13.2. The molecule has 0 aliphatic carbocycles. The second-order valence-corrected chi connectivity index (χ2v) is 30.8. The summed E-state index contributed by atoms with van der Waals surface area (Å²) in [6, 6.07) is 6.16. The third-order valence-corrected chi connectivity index (χ3v) is 21.8. The highest BCUT2D eigenvalue weighted by Crippen LogP contribution is 2.48. The number of nitrogens with one attached hydrogen (secondary N) is 6. The molecule has 0 saturated carbocycles. The molecule has 11 bridgehead atoms. The van der Waals surface area contributed by atoms with Gasteiger partial charge in [-0.15, -0.1) is 0 Å². The molecule has 7 amide bonds. The van der Waals surface area contributed by atoms with Gasteiger partial charge in [-0.2, -0.15) is 0 Å². The first-order valence-electron chi connectivity index (χ1n) is 37.8. The fourth-order valence-electron chi connectivity index (χ4n) is 14.9. The van der Waals surface area contributed by atoms with Crippen molar-refractivity contribution in [1.82, 2.24) is 36.8 Å². The number of phenols is 3. The summed E-state index contributed by atoms with van der Waals surface area (Å²) in [4.78, 5) is 129. The highest BCUT2D eigenvalue weighted by atomic mass is 16.8. The van der Waals surface area contributed by atoms with E-state index >= 15 is 9.59 Å². The van der Waals surface area contributed by atoms with E-state index in [1.165, 1.54) is 70.3 Å². The number of nitrogens with zero attached hydrogens (tertiary/aromatic N) is 1. The number of aromatic hydroxyl groups is 3. The number of primary amides is 1. The summed E-state index contributed by atoms with van der Waals surface area (Å²) in [5.74, 6) is -10.2. The number of nitrogens with two attached hydrogens (primary N) is 1. The number of fused-ring (bicyclic) bond motifs is 15. The number of ether oxygens (including phenoxy) is 8. The third kappa shape index (κ3) is 19.1. The van der Waals surface area contributed by atoms with Gasteiger partial charge in [0.25, 0.3) is 0 Å². The number of likely N-dealkylation sites (N-methyl/N-ethyl adjacent to an activating group) is 1. The summed E-state index contributed by atoms with van der Waals surface area (Å²) >= 11 is 0. The minimum Gasteiger partial charge on any atom is -0.508 e. The van der Waals surface area contributed by atoms with Crippen molar-refractivity contribution < 1.29 is 142 Å². The fraction of sp³-hybridized carbons (Fsp3) is 0.512. The molecule has 24 atom stereocenters. The van der Waals surface area contributed by atoms with Crippen LogP contribution < -0.4 is 47.1 Å². The molecule has 8 aliphatic heterocycles. The summed E-state index contributed by atoms with van der Waals surface area (Å²) in [5, 5.41) is 144. The second-order valence-electron chi connectivity index (χ2n) is 30.8. The molecule has 636 valence electrons. The molecular weight excluding hydrogens is 1540 g/mol. The van der Waals surface area contributed by atoms with Crippen molar-refractivity contribution in [2.75, 3.05) is 34.4 Å². The lowest BCUT2D eigenvalue weighted by Crippen LogP contribution is -2.66. The molecule has 0 aromatic heterocycles. The molecule has 5 aromatic carbocycles. The molecule has 13 rings (SSSR count). The zero-order valence-electron chi connectivity index (χ0n) is 66.1. The maximum atomic E-state index is 15.6. The molecule has 8 heterocycles. The fourth-order valence-corrected chi connectivity index (χ4v) is 14.9. The van der Waals surface area contributed by atoms with Crippen LogP contribution in [-0.4, -0.2) is 264 Å². The monoisotopic (exact) mass is 1640 g/mol. The molecule has 117 heavy (non-hydrogen) atoms. The van der Waals surface area contributed by atoms with E-state index in [1.54, 1.807) is 77.0 Å². The van der Waals surface area contributed by atoms with Crippen LogP contribution in [0.2, 0.25) is 0 Å². The van der Waals surface area contributed by atoms with E-state index in [9.17, 15) is 94.8 Å². The van der Waals surface area contributed by atoms with Gasteiger partial charge in [-0.25, -0.2) is 0 Å². The second kappa shape index (κ2) is 37.4. The summed E-state index contributed by atoms with van der Waals surface area (Å²) < 4.78 is 45.6. The number of rotatable bonds is 16. The number of ketones is 1. The third-order valence-electron chi connectivity index (χ3n) is 21.8. The highest BCUT2D eigenvalue weighted by molar-refractivity contribution is 6.01. The van der Waals surface area contributed by atoms with E-state index in [0.717, 1.165) is 0 Å². The van der Waals surface area contributed by atoms with Crippen molar-refractivity contribution in [2.24, 2.45) is 17.6 Å². The first-order valence-corrected chi connectivity index (χ1v) is 37.8. The van der Waals surface area contributed by atoms with Crippen LogP contribution in [0.4, 0.5) is 0 Å². The van der Waals surface area contributed by atoms with Gasteiger partial charge in [0.2, 0.25) is 41.4 Å². The number of carbonyl (C=O) groups is 9. The molecule has 0 radical (unpaired) electrons. The van der Waals surface area contributed by atoms with Crippen LogP contribution in [0, 0.1) is 39.5 Å². The van der Waals surface area contributed by atoms with Crippen molar-refractivity contribution >= 4 is 53.4 Å². The van der Waals surface area contributed by atoms with Gasteiger partial charge in [0, 0.05) is 41.2 Å². The maximum absolute atomic E-state index is 15.6. The standard InChI is InChI=1S/C60H68N8O14.C20H34O15/c1-25(2)17-39(68(9)10)56(76)67-52-54(74)34-13-16-43(27(4)19-34)82-45-22-35-21-44(30(45)7)81-42-15-12-32(18-26(42)3)28(5)48-57(77)64-49(31(8)69)37-23-41(71)29(6)53(73)47(37)36-20-33(11-14-40(36)70)50(58(78)63-48)66-59(79)51(35)65-55(75)38(24-46(61)72)62-60(52)80;1-6-10(24)11(25)7(3-21)31-18(6)34-16-9(5-23)33-20(15(29)13(16)27)35-17-8(4-22)32-19(30-2)14(28)12(17)26/h11-16,18-23,25,28,38-39,48-52,54,70-71,73-74H,17,24H2,1-10H3,(H2,61,72)(H,62,80)(H,63,78)(H,64,77)(H,65,75)(H,66,79)(H,67,76);3,6-20,22-29H,4-5H2,1-2H3. The summed E-state index contributed by atoms with van der Waals surface area (Å²) in [5.41, 5.74) is 7.13. The molecule has 37 nitrogen and oxygen atoms in total. The number of hydrogen-bond donors (Lipinski definition) is 19. The SMILES string of the molecule is CC(=O)C1NC(=O)C2NC(=O)C(NC(=O)C3NC(=O)C(CC(N)=O)NC(=O)C(NC(=O)C(CC(C)C)N(C)C)C(O)c4ccc(c(C)c4)Oc4cc3cc(c4C)Oc3ccc(cc3C)C2C)c2ccc(O)c(c2)-c2c1cc(O)c(C)c2O.COC1OC(CO)C(OC2OC(CO)C(OC3OC(C=O)C(O)C(O)C3C)C(O)C2O)C(O)C1O. The summed E-state index contributed by atoms with van der Waals surface area (Å²) in [7, 11) is 4.59. The van der Waals surface area contributed by atoms with Crippen molar-refractivity contribution in [1.29, 1.82) is 0 Å². The number of methoxy groups -OCH3 is 1. The first kappa shape index (κ1) is 89.4. The minimum absolute atomic E-state index is 0.0276. The lowest BCUT2D eigenvalue weighted by atomic mass is 9.86. The molecule has 5 aromatic rings. The topological polar surface area (TPSA) is 572 Å². The quantitative estimate of drug-likeness (QED) is 0.0532. The zero-order valence-corrected chi connectivity index (χ0v) is 66.1. The minimum atomic E-state index is -1.91. The number of aliphatic hydroxyl groups is 9. The van der Waals surface area contributed by atoms with Gasteiger partial charge < -0.3 is 142 Å². The van der Waals surface area contributed by atoms with E-state index < -0.39 is 230 Å². The Morgan fingerprint density at radius 1 is 0.598 bits per heavy atom. The number of carbonyl (C=O) groups excluding carboxylic acids is 9. The number of aliphatic hydroxyl groups excluding tert-OH is 9. The van der Waals surface area contributed by atoms with E-state index in [1.807, 2.05) is 13.8 Å². The van der Waals surface area contributed by atoms with Crippen LogP contribution >= 0.6 is 0 Å². The maximum Gasteiger partial charge on any atom is 0.248 e. The van der Waals surface area contributed by atoms with Crippen molar-refractivity contribution in [3.8, 4) is 51.4 Å². The lowest BCUT2D eigenvalue weighted by molar-refractivity contribution is -0.373. The lowest BCUT2D eigenvalue weighted by Gasteiger charge is -2.48. The van der Waals surface area contributed by atoms with Crippen LogP contribution in [0.25, 0.3) is 11.1 Å². The highest BCUT2D eigenvalue weighted by Gasteiger charge is 2.54. The number of benzene rings is 5. The first-order chi connectivity index (χ1) is 55.2. The summed E-state index contributed by atoms with van der Waals surface area (Å²) in [6.07, 6.45) is -22.7. The van der Waals surface area contributed by atoms with E-state index in [2.05, 4.69) is 31.9 Å². The van der Waals surface area contributed by atoms with Crippen LogP contribution in [0.3, 0.4) is 0 Å². The van der Waals surface area contributed by atoms with Crippen LogP contribution in [0.5, 0.6) is 40.2 Å². The van der Waals surface area contributed by atoms with E-state index in [4.69, 9.17) is 43.6 Å². The van der Waals surface area contributed by atoms with Crippen molar-refractivity contribution in [2.45, 2.75) is 215 Å². The van der Waals surface area contributed by atoms with Gasteiger partial charge in [-0.1, -0.05) is 52.0 Å². The van der Waals surface area contributed by atoms with Crippen LogP contribution in [0.15, 0.2) is 72.8 Å². The average Bonchev–Trinajstić information content (AvgIpc) is 0.581. The number of phenolic OH excluding ortho intramolecular Hbond substituents is 3. The molecule has 3 fully saturated rings. The van der Waals surface area contributed by atoms with Gasteiger partial charge in [0.1, 0.15) is 144 Å². The average molecular weight is 1640 g/mol. The Morgan fingerprint density at radius 2 is 1.15 bits per heavy atom. The zero-order chi connectivity index (χ0) is 85.9. The van der Waals surface area contributed by atoms with Crippen LogP contribution in [0.1, 0.15) is 128 Å². The van der Waals surface area contributed by atoms with E-state index in [0.29, 0.717) is 34.4 Å². The Hall–Kier alpha value is -9.91. The molecule has 3 saturated heterocycles. The van der Waals surface area contributed by atoms with Gasteiger partial charge in [0.15, 0.2) is 30.9 Å². The molecule has 24 unspecified atom stereocenters. The number of hydrogen-bond acceptors (Lipinski definition) is 30. The number of amides is 7. The van der Waals surface area contributed by atoms with Crippen molar-refractivity contribution in [3.05, 3.63) is 123 Å². The Balaban J connectivity index is 0.000000343. The Labute approximate surface area is 671 Å².